The Morgan fingerprint density at radius 1 is 1.34 bits per heavy atom. The Hall–Kier alpha value is -2.71. The fourth-order valence-electron chi connectivity index (χ4n) is 4.15. The Morgan fingerprint density at radius 2 is 2.14 bits per heavy atom. The van der Waals surface area contributed by atoms with Crippen LogP contribution in [-0.2, 0) is 4.74 Å². The van der Waals surface area contributed by atoms with Gasteiger partial charge in [-0.3, -0.25) is 0 Å². The molecule has 2 aliphatic rings. The van der Waals surface area contributed by atoms with E-state index in [1.165, 1.54) is 5.56 Å². The van der Waals surface area contributed by atoms with Gasteiger partial charge in [0.15, 0.2) is 0 Å². The van der Waals surface area contributed by atoms with Crippen LogP contribution in [0.1, 0.15) is 29.9 Å². The highest BCUT2D eigenvalue weighted by Gasteiger charge is 2.25. The third kappa shape index (κ3) is 3.77. The average molecular weight is 398 g/mol. The molecule has 8 heteroatoms. The molecule has 3 heterocycles. The first-order chi connectivity index (χ1) is 14.1. The first-order valence-corrected chi connectivity index (χ1v) is 10.1. The lowest BCUT2D eigenvalue weighted by atomic mass is 9.88. The molecule has 154 valence electrons. The number of rotatable bonds is 4. The molecule has 1 aromatic heterocycles. The molecule has 4 rings (SSSR count). The van der Waals surface area contributed by atoms with Gasteiger partial charge in [0.1, 0.15) is 11.6 Å². The van der Waals surface area contributed by atoms with Gasteiger partial charge in [-0.2, -0.15) is 5.41 Å². The zero-order chi connectivity index (χ0) is 20.4. The van der Waals surface area contributed by atoms with Crippen molar-refractivity contribution >= 4 is 28.4 Å². The molecule has 0 atom stereocenters. The number of hydrogen-bond donors (Lipinski definition) is 4. The Kier molecular flexibility index (Phi) is 5.64. The summed E-state index contributed by atoms with van der Waals surface area (Å²) >= 11 is 0. The van der Waals surface area contributed by atoms with Crippen LogP contribution < -0.4 is 21.1 Å². The van der Waals surface area contributed by atoms with Gasteiger partial charge < -0.3 is 25.8 Å². The van der Waals surface area contributed by atoms with Crippen molar-refractivity contribution in [2.75, 3.05) is 52.3 Å². The molecule has 1 saturated heterocycles. The first-order valence-electron chi connectivity index (χ1n) is 10.1. The molecule has 0 amide bonds. The van der Waals surface area contributed by atoms with Crippen molar-refractivity contribution < 1.29 is 14.0 Å². The Labute approximate surface area is 170 Å². The molecule has 0 aliphatic carbocycles. The molecule has 0 bridgehead atoms. The molecular formula is C21H29N6O2+. The van der Waals surface area contributed by atoms with Crippen LogP contribution in [0.15, 0.2) is 18.2 Å². The molecule has 5 N–H and O–H groups in total. The summed E-state index contributed by atoms with van der Waals surface area (Å²) in [5, 5.41) is 16.3. The highest BCUT2D eigenvalue weighted by molar-refractivity contribution is 6.01. The molecule has 2 aliphatic heterocycles. The molecule has 29 heavy (non-hydrogen) atoms. The van der Waals surface area contributed by atoms with Crippen molar-refractivity contribution in [2.45, 2.75) is 18.8 Å². The van der Waals surface area contributed by atoms with E-state index >= 15 is 0 Å². The minimum absolute atomic E-state index is 0.340. The maximum atomic E-state index is 8.78. The van der Waals surface area contributed by atoms with Gasteiger partial charge in [-0.05, 0) is 42.5 Å². The average Bonchev–Trinajstić information content (AvgIpc) is 2.77. The van der Waals surface area contributed by atoms with E-state index in [4.69, 9.17) is 25.6 Å². The standard InChI is InChI=1S/C21H28N6O2/c1-24-20-11-14(13-3-7-29-8-4-13)15-10-18(28-2)16(9-17(15)26-20)21(23)27-6-5-25-12-19(27)22/h9-11,13,22-23,25H,3-8,12H2,1-2H3,(H,24,26)/p+1. The lowest BCUT2D eigenvalue weighted by Crippen LogP contribution is -2.48. The van der Waals surface area contributed by atoms with Gasteiger partial charge in [0.2, 0.25) is 5.84 Å². The Bertz CT molecular complexity index is 965. The summed E-state index contributed by atoms with van der Waals surface area (Å²) in [7, 11) is 3.52. The van der Waals surface area contributed by atoms with Crippen LogP contribution in [0.3, 0.4) is 0 Å². The number of nitrogens with zero attached hydrogens (tertiary/aromatic N) is 2. The third-order valence-electron chi connectivity index (χ3n) is 5.77. The molecule has 1 aromatic carbocycles. The zero-order valence-electron chi connectivity index (χ0n) is 17.0. The van der Waals surface area contributed by atoms with E-state index in [1.54, 1.807) is 7.11 Å². The number of methoxy groups -OCH3 is 1. The molecule has 0 spiro atoms. The second-order valence-electron chi connectivity index (χ2n) is 7.47. The van der Waals surface area contributed by atoms with Crippen LogP contribution in [0, 0.1) is 5.41 Å². The van der Waals surface area contributed by atoms with Crippen LogP contribution in [0.25, 0.3) is 10.9 Å². The maximum Gasteiger partial charge on any atom is 0.265 e. The van der Waals surface area contributed by atoms with Gasteiger partial charge in [0.25, 0.3) is 5.84 Å². The number of amidine groups is 2. The van der Waals surface area contributed by atoms with Crippen LogP contribution in [0.2, 0.25) is 0 Å². The summed E-state index contributed by atoms with van der Waals surface area (Å²) < 4.78 is 13.1. The largest absolute Gasteiger partial charge is 0.496 e. The van der Waals surface area contributed by atoms with Gasteiger partial charge in [0.05, 0.1) is 31.3 Å². The smallest absolute Gasteiger partial charge is 0.265 e. The second-order valence-corrected chi connectivity index (χ2v) is 7.47. The van der Waals surface area contributed by atoms with Crippen molar-refractivity contribution in [2.24, 2.45) is 5.73 Å². The van der Waals surface area contributed by atoms with Crippen molar-refractivity contribution in [1.82, 2.24) is 10.3 Å². The van der Waals surface area contributed by atoms with Crippen LogP contribution in [0.4, 0.5) is 5.82 Å². The third-order valence-corrected chi connectivity index (χ3v) is 5.77. The van der Waals surface area contributed by atoms with Gasteiger partial charge in [-0.15, -0.1) is 0 Å². The fourth-order valence-corrected chi connectivity index (χ4v) is 4.15. The lowest BCUT2D eigenvalue weighted by molar-refractivity contribution is -0.412. The number of nitrogens with one attached hydrogen (secondary N) is 3. The summed E-state index contributed by atoms with van der Waals surface area (Å²) in [4.78, 5) is 4.77. The molecule has 0 unspecified atom stereocenters. The van der Waals surface area contributed by atoms with Gasteiger partial charge in [0, 0.05) is 32.2 Å². The number of pyridine rings is 1. The number of ether oxygens (including phenoxy) is 2. The predicted molar refractivity (Wildman–Crippen MR) is 115 cm³/mol. The topological polar surface area (TPSA) is 108 Å². The van der Waals surface area contributed by atoms with Crippen LogP contribution in [0.5, 0.6) is 5.75 Å². The van der Waals surface area contributed by atoms with E-state index in [0.29, 0.717) is 42.0 Å². The lowest BCUT2D eigenvalue weighted by Gasteiger charge is -2.24. The monoisotopic (exact) mass is 397 g/mol. The van der Waals surface area contributed by atoms with E-state index in [0.717, 1.165) is 49.3 Å². The molecule has 0 radical (unpaired) electrons. The normalized spacial score (nSPS) is 18.1. The minimum Gasteiger partial charge on any atom is -0.496 e. The fraction of sp³-hybridized carbons (Fsp3) is 0.476. The number of benzene rings is 1. The summed E-state index contributed by atoms with van der Waals surface area (Å²) in [5.41, 5.74) is 8.96. The van der Waals surface area contributed by atoms with Crippen molar-refractivity contribution in [3.8, 4) is 5.75 Å². The number of fused-ring (bicyclic) bond motifs is 1. The van der Waals surface area contributed by atoms with Gasteiger partial charge in [-0.1, -0.05) is 0 Å². The molecule has 1 fully saturated rings. The molecule has 8 nitrogen and oxygen atoms in total. The first kappa shape index (κ1) is 19.6. The van der Waals surface area contributed by atoms with Crippen LogP contribution >= 0.6 is 0 Å². The minimum atomic E-state index is 0.340. The second kappa shape index (κ2) is 8.34. The molecular weight excluding hydrogens is 368 g/mol. The predicted octanol–water partition coefficient (Wildman–Crippen LogP) is 1.48. The highest BCUT2D eigenvalue weighted by atomic mass is 16.5. The maximum absolute atomic E-state index is 8.78. The summed E-state index contributed by atoms with van der Waals surface area (Å²) in [6, 6.07) is 6.11. The number of nitrogens with two attached hydrogens (primary N) is 1. The van der Waals surface area contributed by atoms with E-state index in [9.17, 15) is 0 Å². The number of anilines is 1. The number of aromatic nitrogens is 1. The van der Waals surface area contributed by atoms with Crippen LogP contribution in [-0.4, -0.2) is 68.2 Å². The van der Waals surface area contributed by atoms with Crippen molar-refractivity contribution in [3.05, 3.63) is 29.3 Å². The van der Waals surface area contributed by atoms with Gasteiger partial charge in [-0.25, -0.2) is 9.56 Å². The summed E-state index contributed by atoms with van der Waals surface area (Å²) in [5.74, 6) is 2.90. The molecule has 0 saturated carbocycles. The van der Waals surface area contributed by atoms with E-state index in [-0.39, 0.29) is 0 Å². The van der Waals surface area contributed by atoms with E-state index in [2.05, 4.69) is 16.7 Å². The summed E-state index contributed by atoms with van der Waals surface area (Å²) in [6.45, 7) is 3.58. The molecule has 2 aromatic rings. The quantitative estimate of drug-likeness (QED) is 0.354. The van der Waals surface area contributed by atoms with E-state index in [1.807, 2.05) is 23.8 Å². The Balaban J connectivity index is 1.86. The van der Waals surface area contributed by atoms with Gasteiger partial charge >= 0.3 is 0 Å². The van der Waals surface area contributed by atoms with E-state index < -0.39 is 0 Å². The highest BCUT2D eigenvalue weighted by Crippen LogP contribution is 2.36. The SMILES string of the molecule is CNc1cc(C2CCOCC2)c2cc(OC)c(C(=N)[N+]3=C(N)CNCC3)cc2n1. The Morgan fingerprint density at radius 3 is 2.83 bits per heavy atom. The zero-order valence-corrected chi connectivity index (χ0v) is 17.0. The van der Waals surface area contributed by atoms with Crippen molar-refractivity contribution in [1.29, 1.82) is 5.41 Å². The summed E-state index contributed by atoms with van der Waals surface area (Å²) in [6.07, 6.45) is 1.99. The number of hydrogen-bond acceptors (Lipinski definition) is 7. The van der Waals surface area contributed by atoms with Crippen molar-refractivity contribution in [3.63, 3.8) is 0 Å².